The van der Waals surface area contributed by atoms with Gasteiger partial charge in [0.2, 0.25) is 11.8 Å². The lowest BCUT2D eigenvalue weighted by molar-refractivity contribution is -0.138. The molecule has 2 N–H and O–H groups in total. The van der Waals surface area contributed by atoms with Crippen molar-refractivity contribution in [3.05, 3.63) is 185 Å². The highest BCUT2D eigenvalue weighted by atomic mass is 16.3. The predicted molar refractivity (Wildman–Crippen MR) is 220 cm³/mol. The highest BCUT2D eigenvalue weighted by Gasteiger charge is 2.70. The Labute approximate surface area is 336 Å². The number of carbonyl (C=O) groups is 5. The molecule has 0 radical (unpaired) electrons. The maximum atomic E-state index is 15.4. The van der Waals surface area contributed by atoms with Crippen LogP contribution >= 0.6 is 0 Å². The Morgan fingerprint density at radius 1 is 0.793 bits per heavy atom. The zero-order chi connectivity index (χ0) is 40.3. The number of hydrogen-bond acceptors (Lipinski definition) is 7. The number of nitrogens with one attached hydrogen (secondary N) is 1. The molecule has 9 nitrogen and oxygen atoms in total. The van der Waals surface area contributed by atoms with Gasteiger partial charge in [-0.1, -0.05) is 114 Å². The first-order valence-electron chi connectivity index (χ1n) is 19.6. The van der Waals surface area contributed by atoms with Crippen LogP contribution in [-0.4, -0.2) is 39.5 Å². The van der Waals surface area contributed by atoms with Crippen LogP contribution in [0.5, 0.6) is 5.75 Å². The van der Waals surface area contributed by atoms with Crippen molar-refractivity contribution in [2.75, 3.05) is 10.3 Å². The molecule has 9 rings (SSSR count). The third-order valence-electron chi connectivity index (χ3n) is 12.6. The number of phenols is 1. The summed E-state index contributed by atoms with van der Waals surface area (Å²) in [6, 6.07) is 37.5. The number of carbonyl (C=O) groups excluding carboxylic acids is 5. The average Bonchev–Trinajstić information content (AvgIpc) is 3.63. The van der Waals surface area contributed by atoms with Crippen molar-refractivity contribution in [3.8, 4) is 5.75 Å². The lowest BCUT2D eigenvalue weighted by Crippen LogP contribution is -2.53. The minimum atomic E-state index is -1.51. The largest absolute Gasteiger partial charge is 0.507 e. The number of rotatable bonds is 9. The summed E-state index contributed by atoms with van der Waals surface area (Å²) >= 11 is 0. The van der Waals surface area contributed by atoms with Gasteiger partial charge < -0.3 is 5.11 Å². The molecular weight excluding hydrogens is 727 g/mol. The second-order valence-electron chi connectivity index (χ2n) is 15.7. The fraction of sp³-hybridized carbons (Fsp3) is 0.204. The smallest absolute Gasteiger partial charge is 0.260 e. The zero-order valence-corrected chi connectivity index (χ0v) is 31.9. The number of para-hydroxylation sites is 1. The van der Waals surface area contributed by atoms with Crippen molar-refractivity contribution in [1.29, 1.82) is 0 Å². The fourth-order valence-corrected chi connectivity index (χ4v) is 10.0. The molecule has 4 aliphatic rings. The molecule has 2 aliphatic carbocycles. The van der Waals surface area contributed by atoms with Crippen molar-refractivity contribution in [1.82, 2.24) is 5.01 Å². The maximum Gasteiger partial charge on any atom is 0.260 e. The monoisotopic (exact) mass is 767 g/mol. The van der Waals surface area contributed by atoms with Gasteiger partial charge in [-0.3, -0.25) is 34.3 Å². The Hall–Kier alpha value is -6.87. The average molecular weight is 768 g/mol. The molecule has 4 amide bonds. The number of allylic oxidation sites excluding steroid dienone is 3. The van der Waals surface area contributed by atoms with Gasteiger partial charge in [0.25, 0.3) is 11.8 Å². The number of ketones is 1. The number of anilines is 2. The number of fused-ring (bicyclic) bond motifs is 4. The van der Waals surface area contributed by atoms with E-state index in [1.807, 2.05) is 79.7 Å². The van der Waals surface area contributed by atoms with Gasteiger partial charge in [0, 0.05) is 22.6 Å². The number of phenolic OH excluding ortho intramolecular Hbond substituents is 1. The predicted octanol–water partition coefficient (Wildman–Crippen LogP) is 7.85. The van der Waals surface area contributed by atoms with E-state index in [4.69, 9.17) is 0 Å². The molecule has 58 heavy (non-hydrogen) atoms. The Morgan fingerprint density at radius 3 is 2.16 bits per heavy atom. The van der Waals surface area contributed by atoms with E-state index in [0.717, 1.165) is 16.1 Å². The number of imide groups is 2. The number of benzene rings is 5. The maximum absolute atomic E-state index is 15.4. The molecule has 2 aliphatic heterocycles. The number of amides is 4. The normalized spacial score (nSPS) is 24.8. The van der Waals surface area contributed by atoms with E-state index in [9.17, 15) is 24.3 Å². The van der Waals surface area contributed by atoms with E-state index < -0.39 is 52.7 Å². The Kier molecular flexibility index (Phi) is 9.03. The van der Waals surface area contributed by atoms with Gasteiger partial charge in [0.05, 0.1) is 34.5 Å². The summed E-state index contributed by atoms with van der Waals surface area (Å²) in [6.45, 7) is 5.83. The van der Waals surface area contributed by atoms with E-state index in [0.29, 0.717) is 45.6 Å². The van der Waals surface area contributed by atoms with Crippen LogP contribution in [0.4, 0.5) is 11.4 Å². The Balaban J connectivity index is 1.17. The van der Waals surface area contributed by atoms with Crippen LogP contribution in [0.2, 0.25) is 0 Å². The van der Waals surface area contributed by atoms with Crippen molar-refractivity contribution in [2.45, 2.75) is 37.5 Å². The van der Waals surface area contributed by atoms with E-state index >= 15 is 4.79 Å². The van der Waals surface area contributed by atoms with E-state index in [1.165, 1.54) is 4.90 Å². The van der Waals surface area contributed by atoms with E-state index in [2.05, 4.69) is 12.0 Å². The third kappa shape index (κ3) is 5.56. The number of nitrogens with zero attached hydrogens (tertiary/aromatic N) is 2. The molecule has 2 saturated heterocycles. The van der Waals surface area contributed by atoms with Crippen LogP contribution in [-0.2, 0) is 31.0 Å². The van der Waals surface area contributed by atoms with Gasteiger partial charge in [-0.05, 0) is 79.6 Å². The minimum absolute atomic E-state index is 0.00378. The molecule has 6 atom stereocenters. The first kappa shape index (κ1) is 36.7. The molecule has 0 spiro atoms. The van der Waals surface area contributed by atoms with Crippen LogP contribution in [0.15, 0.2) is 152 Å². The summed E-state index contributed by atoms with van der Waals surface area (Å²) in [4.78, 5) is 73.9. The third-order valence-corrected chi connectivity index (χ3v) is 12.6. The fourth-order valence-electron chi connectivity index (χ4n) is 10.0. The summed E-state index contributed by atoms with van der Waals surface area (Å²) in [5.74, 6) is -5.80. The second-order valence-corrected chi connectivity index (χ2v) is 15.7. The summed E-state index contributed by atoms with van der Waals surface area (Å²) in [5, 5.41) is 13.2. The molecule has 0 bridgehead atoms. The number of aromatic hydroxyl groups is 1. The van der Waals surface area contributed by atoms with Gasteiger partial charge in [-0.15, -0.1) is 6.58 Å². The quantitative estimate of drug-likeness (QED) is 0.0890. The van der Waals surface area contributed by atoms with E-state index in [1.54, 1.807) is 66.7 Å². The van der Waals surface area contributed by atoms with Crippen LogP contribution in [0.25, 0.3) is 0 Å². The summed E-state index contributed by atoms with van der Waals surface area (Å²) in [7, 11) is 0. The Bertz CT molecular complexity index is 2530. The number of hydrogen-bond donors (Lipinski definition) is 2. The van der Waals surface area contributed by atoms with Crippen LogP contribution in [0, 0.1) is 30.6 Å². The molecule has 288 valence electrons. The molecule has 2 heterocycles. The lowest BCUT2D eigenvalue weighted by atomic mass is 9.49. The van der Waals surface area contributed by atoms with Gasteiger partial charge in [-0.2, -0.15) is 5.01 Å². The molecule has 9 heteroatoms. The number of aryl methyl sites for hydroxylation is 1. The molecule has 0 unspecified atom stereocenters. The summed E-state index contributed by atoms with van der Waals surface area (Å²) in [6.07, 6.45) is 4.39. The van der Waals surface area contributed by atoms with Crippen molar-refractivity contribution < 1.29 is 29.1 Å². The first-order chi connectivity index (χ1) is 28.1. The minimum Gasteiger partial charge on any atom is -0.507 e. The Morgan fingerprint density at radius 2 is 1.47 bits per heavy atom. The van der Waals surface area contributed by atoms with Gasteiger partial charge in [0.15, 0.2) is 5.78 Å². The second kappa shape index (κ2) is 14.3. The molecule has 3 fully saturated rings. The van der Waals surface area contributed by atoms with Crippen molar-refractivity contribution >= 4 is 40.8 Å². The summed E-state index contributed by atoms with van der Waals surface area (Å²) in [5.41, 5.74) is 6.93. The van der Waals surface area contributed by atoms with Gasteiger partial charge in [0.1, 0.15) is 5.75 Å². The standard InChI is InChI=1S/C49H41N3O6/c1-3-11-30-14-10-17-38(44(30)54)42-36-26-27-37-41(47(57)51(45(37)55)35-24-20-32(21-25-35)43(53)31-12-6-4-7-13-31)39(36)28-40-46(56)52(50-34-22-18-29(2)19-23-34)48(58)49(40,42)33-15-8-5-9-16-33/h3-10,12-26,37,39-42,50,54H,1,11,27-28H2,2H3/t37-,39+,40-,41-,42+,49+/m0/s1. The van der Waals surface area contributed by atoms with Crippen molar-refractivity contribution in [2.24, 2.45) is 23.7 Å². The van der Waals surface area contributed by atoms with Gasteiger partial charge >= 0.3 is 0 Å². The van der Waals surface area contributed by atoms with E-state index in [-0.39, 0.29) is 30.3 Å². The molecule has 5 aromatic rings. The topological polar surface area (TPSA) is 124 Å². The van der Waals surface area contributed by atoms with Crippen molar-refractivity contribution in [3.63, 3.8) is 0 Å². The van der Waals surface area contributed by atoms with Crippen LogP contribution in [0.1, 0.15) is 56.9 Å². The molecule has 5 aromatic carbocycles. The number of hydrazine groups is 1. The lowest BCUT2D eigenvalue weighted by Gasteiger charge is -2.50. The first-order valence-corrected chi connectivity index (χ1v) is 19.6. The molecule has 0 aromatic heterocycles. The molecular formula is C49H41N3O6. The van der Waals surface area contributed by atoms with Crippen LogP contribution < -0.4 is 10.3 Å². The van der Waals surface area contributed by atoms with Gasteiger partial charge in [-0.25, -0.2) is 0 Å². The SMILES string of the molecule is C=CCc1cccc([C@H]2C3=CC[C@@H]4C(=O)N(c5ccc(C(=O)c6ccccc6)cc5)C(=O)[C@@H]4[C@@H]3C[C@H]3C(=O)N(Nc4ccc(C)cc4)C(=O)[C@@]23c2ccccc2)c1O. The highest BCUT2D eigenvalue weighted by Crippen LogP contribution is 2.65. The highest BCUT2D eigenvalue weighted by molar-refractivity contribution is 6.23. The van der Waals surface area contributed by atoms with Crippen LogP contribution in [0.3, 0.4) is 0 Å². The summed E-state index contributed by atoms with van der Waals surface area (Å²) < 4.78 is 0. The zero-order valence-electron chi connectivity index (χ0n) is 31.9. The molecule has 1 saturated carbocycles.